The van der Waals surface area contributed by atoms with E-state index < -0.39 is 0 Å². The minimum absolute atomic E-state index is 0.477. The van der Waals surface area contributed by atoms with Crippen molar-refractivity contribution < 1.29 is 14.2 Å². The molecule has 3 rings (SSSR count). The molecule has 0 bridgehead atoms. The van der Waals surface area contributed by atoms with Gasteiger partial charge >= 0.3 is 0 Å². The summed E-state index contributed by atoms with van der Waals surface area (Å²) in [6.07, 6.45) is 0. The van der Waals surface area contributed by atoms with E-state index in [1.807, 2.05) is 73.7 Å². The average molecular weight is 347 g/mol. The molecular formula is C23H23O3. The van der Waals surface area contributed by atoms with Crippen LogP contribution in [-0.4, -0.2) is 7.11 Å². The zero-order chi connectivity index (χ0) is 18.4. The first kappa shape index (κ1) is 17.9. The molecule has 3 heteroatoms. The molecule has 0 saturated heterocycles. The van der Waals surface area contributed by atoms with Crippen LogP contribution in [0.1, 0.15) is 22.3 Å². The summed E-state index contributed by atoms with van der Waals surface area (Å²) in [5.74, 6) is 2.38. The van der Waals surface area contributed by atoms with Gasteiger partial charge in [0, 0.05) is 6.07 Å². The van der Waals surface area contributed by atoms with Crippen LogP contribution in [0, 0.1) is 13.8 Å². The van der Waals surface area contributed by atoms with Gasteiger partial charge in [0.25, 0.3) is 0 Å². The van der Waals surface area contributed by atoms with E-state index in [2.05, 4.69) is 6.92 Å². The standard InChI is InChI=1S/C23H23O3/c1-17-13-22(25-15-20-9-11-21(24-3)12-10-20)14-23(18(17)2)26-16-19-7-5-4-6-8-19/h4-14H,1,15-16H2,2-3H3. The summed E-state index contributed by atoms with van der Waals surface area (Å²) >= 11 is 0. The van der Waals surface area contributed by atoms with E-state index >= 15 is 0 Å². The highest BCUT2D eigenvalue weighted by molar-refractivity contribution is 5.47. The van der Waals surface area contributed by atoms with Crippen LogP contribution < -0.4 is 14.2 Å². The van der Waals surface area contributed by atoms with Gasteiger partial charge in [0.05, 0.1) is 7.11 Å². The van der Waals surface area contributed by atoms with Crippen LogP contribution in [0.3, 0.4) is 0 Å². The Morgan fingerprint density at radius 3 is 2.12 bits per heavy atom. The van der Waals surface area contributed by atoms with Gasteiger partial charge in [0.1, 0.15) is 30.5 Å². The fraction of sp³-hybridized carbons (Fsp3) is 0.174. The van der Waals surface area contributed by atoms with Crippen LogP contribution in [0.15, 0.2) is 66.7 Å². The number of methoxy groups -OCH3 is 1. The molecule has 0 amide bonds. The highest BCUT2D eigenvalue weighted by Crippen LogP contribution is 2.29. The summed E-state index contributed by atoms with van der Waals surface area (Å²) in [6, 6.07) is 21.8. The highest BCUT2D eigenvalue weighted by atomic mass is 16.5. The smallest absolute Gasteiger partial charge is 0.126 e. The van der Waals surface area contributed by atoms with Crippen molar-refractivity contribution in [2.24, 2.45) is 0 Å². The van der Waals surface area contributed by atoms with Crippen molar-refractivity contribution in [3.63, 3.8) is 0 Å². The van der Waals surface area contributed by atoms with Crippen LogP contribution >= 0.6 is 0 Å². The maximum atomic E-state index is 5.99. The zero-order valence-electron chi connectivity index (χ0n) is 15.2. The topological polar surface area (TPSA) is 27.7 Å². The SMILES string of the molecule is [CH2]c1cc(OCc2ccc(OC)cc2)cc(OCc2ccccc2)c1C. The molecule has 0 spiro atoms. The van der Waals surface area contributed by atoms with Gasteiger partial charge in [-0.3, -0.25) is 0 Å². The summed E-state index contributed by atoms with van der Waals surface area (Å²) in [6.45, 7) is 7.10. The van der Waals surface area contributed by atoms with Crippen molar-refractivity contribution >= 4 is 0 Å². The van der Waals surface area contributed by atoms with Crippen LogP contribution in [0.25, 0.3) is 0 Å². The molecular weight excluding hydrogens is 324 g/mol. The normalized spacial score (nSPS) is 10.4. The van der Waals surface area contributed by atoms with Gasteiger partial charge in [0.2, 0.25) is 0 Å². The molecule has 0 unspecified atom stereocenters. The molecule has 3 nitrogen and oxygen atoms in total. The second-order valence-electron chi connectivity index (χ2n) is 6.12. The minimum atomic E-state index is 0.477. The lowest BCUT2D eigenvalue weighted by molar-refractivity contribution is 0.288. The first-order chi connectivity index (χ1) is 12.7. The molecule has 26 heavy (non-hydrogen) atoms. The van der Waals surface area contributed by atoms with E-state index in [9.17, 15) is 0 Å². The van der Waals surface area contributed by atoms with E-state index in [1.165, 1.54) is 0 Å². The van der Waals surface area contributed by atoms with Gasteiger partial charge in [-0.15, -0.1) is 0 Å². The Bertz CT molecular complexity index is 839. The van der Waals surface area contributed by atoms with Crippen LogP contribution in [0.4, 0.5) is 0 Å². The Morgan fingerprint density at radius 1 is 0.769 bits per heavy atom. The summed E-state index contributed by atoms with van der Waals surface area (Å²) in [7, 11) is 1.66. The second kappa shape index (κ2) is 8.43. The molecule has 0 aliphatic heterocycles. The number of ether oxygens (including phenoxy) is 3. The molecule has 0 atom stereocenters. The van der Waals surface area contributed by atoms with Crippen molar-refractivity contribution in [1.82, 2.24) is 0 Å². The largest absolute Gasteiger partial charge is 0.497 e. The lowest BCUT2D eigenvalue weighted by Crippen LogP contribution is -2.00. The van der Waals surface area contributed by atoms with Crippen LogP contribution in [0.5, 0.6) is 17.2 Å². The Kier molecular flexibility index (Phi) is 5.80. The van der Waals surface area contributed by atoms with Gasteiger partial charge in [0.15, 0.2) is 0 Å². The molecule has 3 aromatic rings. The summed E-state index contributed by atoms with van der Waals surface area (Å²) in [5.41, 5.74) is 4.13. The molecule has 3 aromatic carbocycles. The van der Waals surface area contributed by atoms with Crippen LogP contribution in [-0.2, 0) is 13.2 Å². The molecule has 0 aliphatic rings. The maximum absolute atomic E-state index is 5.99. The Morgan fingerprint density at radius 2 is 1.42 bits per heavy atom. The highest BCUT2D eigenvalue weighted by Gasteiger charge is 2.08. The Labute approximate surface area is 155 Å². The van der Waals surface area contributed by atoms with Gasteiger partial charge in [-0.25, -0.2) is 0 Å². The molecule has 0 aliphatic carbocycles. The monoisotopic (exact) mass is 347 g/mol. The van der Waals surface area contributed by atoms with Crippen molar-refractivity contribution in [1.29, 1.82) is 0 Å². The lowest BCUT2D eigenvalue weighted by atomic mass is 10.1. The van der Waals surface area contributed by atoms with Crippen molar-refractivity contribution in [3.05, 3.63) is 95.9 Å². The number of benzene rings is 3. The maximum Gasteiger partial charge on any atom is 0.126 e. The van der Waals surface area contributed by atoms with E-state index in [0.29, 0.717) is 13.2 Å². The van der Waals surface area contributed by atoms with Gasteiger partial charge < -0.3 is 14.2 Å². The molecule has 0 heterocycles. The second-order valence-corrected chi connectivity index (χ2v) is 6.12. The summed E-state index contributed by atoms with van der Waals surface area (Å²) in [5, 5.41) is 0. The zero-order valence-corrected chi connectivity index (χ0v) is 15.2. The third kappa shape index (κ3) is 4.57. The molecule has 0 fully saturated rings. The number of hydrogen-bond donors (Lipinski definition) is 0. The first-order valence-corrected chi connectivity index (χ1v) is 8.55. The fourth-order valence-electron chi connectivity index (χ4n) is 2.57. The first-order valence-electron chi connectivity index (χ1n) is 8.55. The van der Waals surface area contributed by atoms with Crippen molar-refractivity contribution in [3.8, 4) is 17.2 Å². The summed E-state index contributed by atoms with van der Waals surface area (Å²) in [4.78, 5) is 0. The lowest BCUT2D eigenvalue weighted by Gasteiger charge is -2.14. The third-order valence-corrected chi connectivity index (χ3v) is 4.24. The number of rotatable bonds is 7. The van der Waals surface area contributed by atoms with E-state index in [-0.39, 0.29) is 0 Å². The predicted molar refractivity (Wildman–Crippen MR) is 104 cm³/mol. The molecule has 133 valence electrons. The quantitative estimate of drug-likeness (QED) is 0.577. The third-order valence-electron chi connectivity index (χ3n) is 4.24. The van der Waals surface area contributed by atoms with Crippen molar-refractivity contribution in [2.75, 3.05) is 7.11 Å². The van der Waals surface area contributed by atoms with E-state index in [0.717, 1.165) is 39.5 Å². The molecule has 0 N–H and O–H groups in total. The Hall–Kier alpha value is -2.94. The molecule has 1 radical (unpaired) electrons. The predicted octanol–water partition coefficient (Wildman–Crippen LogP) is 5.34. The Balaban J connectivity index is 1.68. The van der Waals surface area contributed by atoms with E-state index in [1.54, 1.807) is 7.11 Å². The molecule has 0 aromatic heterocycles. The fourth-order valence-corrected chi connectivity index (χ4v) is 2.57. The minimum Gasteiger partial charge on any atom is -0.497 e. The van der Waals surface area contributed by atoms with Gasteiger partial charge in [-0.2, -0.15) is 0 Å². The summed E-state index contributed by atoms with van der Waals surface area (Å²) < 4.78 is 17.1. The van der Waals surface area contributed by atoms with Gasteiger partial charge in [-0.05, 0) is 54.3 Å². The number of hydrogen-bond acceptors (Lipinski definition) is 3. The average Bonchev–Trinajstić information content (AvgIpc) is 2.69. The van der Waals surface area contributed by atoms with Crippen molar-refractivity contribution in [2.45, 2.75) is 20.1 Å². The van der Waals surface area contributed by atoms with Crippen LogP contribution in [0.2, 0.25) is 0 Å². The van der Waals surface area contributed by atoms with E-state index in [4.69, 9.17) is 14.2 Å². The van der Waals surface area contributed by atoms with Gasteiger partial charge in [-0.1, -0.05) is 42.5 Å². The molecule has 0 saturated carbocycles.